The van der Waals surface area contributed by atoms with Crippen molar-refractivity contribution in [2.24, 2.45) is 29.6 Å². The Morgan fingerprint density at radius 2 is 1.40 bits per heavy atom. The number of esters is 3. The molecule has 4 saturated carbocycles. The largest absolute Gasteiger partial charge is 0.456 e. The molecule has 0 aliphatic heterocycles. The molecule has 0 aromatic heterocycles. The molecule has 25 heavy (non-hydrogen) atoms. The van der Waals surface area contributed by atoms with Crippen LogP contribution < -0.4 is 0 Å². The standard InChI is InChI=1S/C19H28O6/c1-11(2)18(22)24-9-16(20)23-10-17(21)25-19(3)14-5-12-4-13(7-14)8-15(19)6-12/h11-15H,4-10H2,1-3H3. The van der Waals surface area contributed by atoms with Crippen LogP contribution in [0.2, 0.25) is 0 Å². The highest BCUT2D eigenvalue weighted by atomic mass is 16.6. The van der Waals surface area contributed by atoms with Crippen LogP contribution in [-0.2, 0) is 28.6 Å². The fraction of sp³-hybridized carbons (Fsp3) is 0.842. The molecular formula is C19H28O6. The summed E-state index contributed by atoms with van der Waals surface area (Å²) in [6.45, 7) is 4.49. The van der Waals surface area contributed by atoms with E-state index in [9.17, 15) is 14.4 Å². The third-order valence-electron chi connectivity index (χ3n) is 6.25. The zero-order valence-corrected chi connectivity index (χ0v) is 15.3. The van der Waals surface area contributed by atoms with Crippen molar-refractivity contribution in [3.05, 3.63) is 0 Å². The first kappa shape index (κ1) is 18.2. The van der Waals surface area contributed by atoms with E-state index in [2.05, 4.69) is 0 Å². The van der Waals surface area contributed by atoms with Crippen LogP contribution in [-0.4, -0.2) is 36.7 Å². The molecule has 4 rings (SSSR count). The first-order valence-corrected chi connectivity index (χ1v) is 9.32. The van der Waals surface area contributed by atoms with E-state index in [0.29, 0.717) is 11.8 Å². The van der Waals surface area contributed by atoms with Crippen LogP contribution in [0, 0.1) is 29.6 Å². The van der Waals surface area contributed by atoms with Gasteiger partial charge < -0.3 is 14.2 Å². The van der Waals surface area contributed by atoms with Gasteiger partial charge in [-0.1, -0.05) is 13.8 Å². The molecule has 0 N–H and O–H groups in total. The maximum absolute atomic E-state index is 12.2. The van der Waals surface area contributed by atoms with E-state index in [1.807, 2.05) is 6.92 Å². The average Bonchev–Trinajstić information content (AvgIpc) is 2.55. The van der Waals surface area contributed by atoms with Crippen molar-refractivity contribution in [3.63, 3.8) is 0 Å². The minimum Gasteiger partial charge on any atom is -0.456 e. The molecule has 6 heteroatoms. The van der Waals surface area contributed by atoms with Gasteiger partial charge in [0.1, 0.15) is 5.60 Å². The zero-order valence-electron chi connectivity index (χ0n) is 15.3. The number of carbonyl (C=O) groups excluding carboxylic acids is 3. The smallest absolute Gasteiger partial charge is 0.344 e. The molecule has 0 aromatic rings. The van der Waals surface area contributed by atoms with Crippen LogP contribution >= 0.6 is 0 Å². The van der Waals surface area contributed by atoms with E-state index in [0.717, 1.165) is 37.5 Å². The van der Waals surface area contributed by atoms with Gasteiger partial charge in [-0.05, 0) is 62.7 Å². The summed E-state index contributed by atoms with van der Waals surface area (Å²) in [6, 6.07) is 0. The van der Waals surface area contributed by atoms with Crippen molar-refractivity contribution in [1.29, 1.82) is 0 Å². The predicted molar refractivity (Wildman–Crippen MR) is 88.3 cm³/mol. The summed E-state index contributed by atoms with van der Waals surface area (Å²) in [5.74, 6) is 0.409. The zero-order chi connectivity index (χ0) is 18.2. The van der Waals surface area contributed by atoms with E-state index < -0.39 is 36.7 Å². The van der Waals surface area contributed by atoms with Gasteiger partial charge in [-0.15, -0.1) is 0 Å². The molecule has 0 unspecified atom stereocenters. The van der Waals surface area contributed by atoms with Gasteiger partial charge in [-0.3, -0.25) is 4.79 Å². The number of ether oxygens (including phenoxy) is 3. The lowest BCUT2D eigenvalue weighted by Gasteiger charge is -2.59. The lowest BCUT2D eigenvalue weighted by Crippen LogP contribution is -2.58. The Morgan fingerprint density at radius 1 is 0.880 bits per heavy atom. The first-order valence-electron chi connectivity index (χ1n) is 9.32. The van der Waals surface area contributed by atoms with Crippen LogP contribution in [0.25, 0.3) is 0 Å². The molecule has 0 heterocycles. The Morgan fingerprint density at radius 3 is 1.92 bits per heavy atom. The van der Waals surface area contributed by atoms with Crippen LogP contribution in [0.15, 0.2) is 0 Å². The second kappa shape index (κ2) is 6.96. The second-order valence-corrected chi connectivity index (χ2v) is 8.39. The number of carbonyl (C=O) groups is 3. The molecule has 6 nitrogen and oxygen atoms in total. The summed E-state index contributed by atoms with van der Waals surface area (Å²) < 4.78 is 15.5. The normalized spacial score (nSPS) is 35.5. The van der Waals surface area contributed by atoms with Crippen LogP contribution in [0.5, 0.6) is 0 Å². The Labute approximate surface area is 148 Å². The lowest BCUT2D eigenvalue weighted by molar-refractivity contribution is -0.207. The van der Waals surface area contributed by atoms with Gasteiger partial charge in [0.2, 0.25) is 0 Å². The molecule has 0 aromatic carbocycles. The third kappa shape index (κ3) is 3.82. The summed E-state index contributed by atoms with van der Waals surface area (Å²) in [5.41, 5.74) is -0.430. The maximum Gasteiger partial charge on any atom is 0.344 e. The SMILES string of the molecule is CC(C)C(=O)OCC(=O)OCC(=O)OC1(C)C2CC3CC(C2)CC1C3. The topological polar surface area (TPSA) is 78.9 Å². The predicted octanol–water partition coefficient (Wildman–Crippen LogP) is 2.49. The number of hydrogen-bond acceptors (Lipinski definition) is 6. The van der Waals surface area contributed by atoms with Gasteiger partial charge in [0.05, 0.1) is 5.92 Å². The third-order valence-corrected chi connectivity index (χ3v) is 6.25. The maximum atomic E-state index is 12.2. The van der Waals surface area contributed by atoms with Gasteiger partial charge >= 0.3 is 17.9 Å². The highest BCUT2D eigenvalue weighted by Crippen LogP contribution is 2.59. The van der Waals surface area contributed by atoms with Crippen molar-refractivity contribution in [1.82, 2.24) is 0 Å². The van der Waals surface area contributed by atoms with Crippen molar-refractivity contribution < 1.29 is 28.6 Å². The van der Waals surface area contributed by atoms with E-state index >= 15 is 0 Å². The van der Waals surface area contributed by atoms with E-state index in [1.165, 1.54) is 6.42 Å². The molecule has 4 aliphatic rings. The van der Waals surface area contributed by atoms with Crippen LogP contribution in [0.4, 0.5) is 0 Å². The van der Waals surface area contributed by atoms with Crippen molar-refractivity contribution in [2.75, 3.05) is 13.2 Å². The Balaban J connectivity index is 1.45. The molecule has 0 radical (unpaired) electrons. The Kier molecular flexibility index (Phi) is 5.07. The molecular weight excluding hydrogens is 324 g/mol. The summed E-state index contributed by atoms with van der Waals surface area (Å²) in [4.78, 5) is 35.1. The average molecular weight is 352 g/mol. The monoisotopic (exact) mass is 352 g/mol. The first-order chi connectivity index (χ1) is 11.8. The molecule has 4 aliphatic carbocycles. The van der Waals surface area contributed by atoms with E-state index in [-0.39, 0.29) is 5.92 Å². The summed E-state index contributed by atoms with van der Waals surface area (Å²) in [7, 11) is 0. The minimum atomic E-state index is -0.735. The van der Waals surface area contributed by atoms with Gasteiger partial charge in [0.15, 0.2) is 13.2 Å². The molecule has 0 atom stereocenters. The Bertz CT molecular complexity index is 524. The molecule has 0 spiro atoms. The molecule has 4 fully saturated rings. The van der Waals surface area contributed by atoms with Crippen molar-refractivity contribution in [3.8, 4) is 0 Å². The van der Waals surface area contributed by atoms with E-state index in [4.69, 9.17) is 14.2 Å². The highest BCUT2D eigenvalue weighted by molar-refractivity contribution is 5.79. The number of rotatable bonds is 6. The van der Waals surface area contributed by atoms with Crippen molar-refractivity contribution >= 4 is 17.9 Å². The molecule has 4 bridgehead atoms. The van der Waals surface area contributed by atoms with E-state index in [1.54, 1.807) is 13.8 Å². The second-order valence-electron chi connectivity index (χ2n) is 8.39. The van der Waals surface area contributed by atoms with Gasteiger partial charge in [-0.2, -0.15) is 0 Å². The number of hydrogen-bond donors (Lipinski definition) is 0. The summed E-state index contributed by atoms with van der Waals surface area (Å²) in [6.07, 6.45) is 5.90. The Hall–Kier alpha value is -1.59. The lowest BCUT2D eigenvalue weighted by atomic mass is 9.50. The van der Waals surface area contributed by atoms with Crippen LogP contribution in [0.1, 0.15) is 52.9 Å². The quantitative estimate of drug-likeness (QED) is 0.540. The molecule has 0 saturated heterocycles. The highest BCUT2D eigenvalue weighted by Gasteiger charge is 2.57. The fourth-order valence-corrected chi connectivity index (χ4v) is 5.04. The van der Waals surface area contributed by atoms with Crippen molar-refractivity contribution in [2.45, 2.75) is 58.5 Å². The van der Waals surface area contributed by atoms with Crippen LogP contribution in [0.3, 0.4) is 0 Å². The van der Waals surface area contributed by atoms with Gasteiger partial charge in [0.25, 0.3) is 0 Å². The van der Waals surface area contributed by atoms with Gasteiger partial charge in [0, 0.05) is 0 Å². The summed E-state index contributed by atoms with van der Waals surface area (Å²) in [5, 5.41) is 0. The van der Waals surface area contributed by atoms with Gasteiger partial charge in [-0.25, -0.2) is 9.59 Å². The molecule has 140 valence electrons. The fourth-order valence-electron chi connectivity index (χ4n) is 5.04. The summed E-state index contributed by atoms with van der Waals surface area (Å²) >= 11 is 0. The minimum absolute atomic E-state index is 0.311. The molecule has 0 amide bonds.